The van der Waals surface area contributed by atoms with Gasteiger partial charge in [0.15, 0.2) is 0 Å². The Morgan fingerprint density at radius 1 is 1.31 bits per heavy atom. The molecule has 2 nitrogen and oxygen atoms in total. The molecule has 0 atom stereocenters. The zero-order valence-electron chi connectivity index (χ0n) is 9.03. The fraction of sp³-hybridized carbons (Fsp3) is 0.250. The molecule has 0 aliphatic carbocycles. The zero-order valence-corrected chi connectivity index (χ0v) is 9.85. The van der Waals surface area contributed by atoms with Gasteiger partial charge in [-0.25, -0.2) is 9.37 Å². The van der Waals surface area contributed by atoms with Crippen molar-refractivity contribution >= 4 is 16.3 Å². The van der Waals surface area contributed by atoms with Crippen LogP contribution in [0.25, 0.3) is 11.3 Å². The Balaban J connectivity index is 2.36. The first-order valence-electron chi connectivity index (χ1n) is 5.22. The van der Waals surface area contributed by atoms with Crippen molar-refractivity contribution in [2.24, 2.45) is 0 Å². The fourth-order valence-corrected chi connectivity index (χ4v) is 2.47. The molecule has 0 spiro atoms. The smallest absolute Gasteiger partial charge is 0.123 e. The van der Waals surface area contributed by atoms with E-state index in [2.05, 4.69) is 11.9 Å². The maximum Gasteiger partial charge on any atom is 0.123 e. The highest BCUT2D eigenvalue weighted by Gasteiger charge is 2.09. The number of thiazole rings is 1. The van der Waals surface area contributed by atoms with Crippen LogP contribution in [0.15, 0.2) is 24.3 Å². The summed E-state index contributed by atoms with van der Waals surface area (Å²) < 4.78 is 12.8. The first kappa shape index (κ1) is 11.1. The molecule has 0 bridgehead atoms. The molecule has 0 aliphatic heterocycles. The van der Waals surface area contributed by atoms with Crippen LogP contribution in [0, 0.1) is 5.82 Å². The lowest BCUT2D eigenvalue weighted by Gasteiger charge is -1.97. The second-order valence-electron chi connectivity index (χ2n) is 3.58. The van der Waals surface area contributed by atoms with E-state index in [-0.39, 0.29) is 5.82 Å². The number of hydrogen-bond donors (Lipinski definition) is 1. The maximum atomic E-state index is 12.8. The molecule has 0 saturated carbocycles. The minimum Gasteiger partial charge on any atom is -0.389 e. The van der Waals surface area contributed by atoms with Gasteiger partial charge in [0.25, 0.3) is 0 Å². The largest absolute Gasteiger partial charge is 0.389 e. The van der Waals surface area contributed by atoms with E-state index in [9.17, 15) is 4.39 Å². The first-order chi connectivity index (χ1) is 7.70. The predicted molar refractivity (Wildman–Crippen MR) is 65.9 cm³/mol. The number of rotatable bonds is 3. The molecule has 0 amide bonds. The maximum absolute atomic E-state index is 12.8. The quantitative estimate of drug-likeness (QED) is 0.886. The number of nitrogens with two attached hydrogens (primary N) is 1. The summed E-state index contributed by atoms with van der Waals surface area (Å²) >= 11 is 1.51. The van der Waals surface area contributed by atoms with Gasteiger partial charge in [-0.05, 0) is 37.1 Å². The van der Waals surface area contributed by atoms with Crippen molar-refractivity contribution in [1.82, 2.24) is 4.98 Å². The van der Waals surface area contributed by atoms with Crippen molar-refractivity contribution in [2.75, 3.05) is 5.73 Å². The average Bonchev–Trinajstić information content (AvgIpc) is 2.61. The zero-order chi connectivity index (χ0) is 11.5. The lowest BCUT2D eigenvalue weighted by atomic mass is 10.1. The predicted octanol–water partition coefficient (Wildman–Crippen LogP) is 3.48. The van der Waals surface area contributed by atoms with Gasteiger partial charge in [0.05, 0.1) is 5.01 Å². The molecule has 0 radical (unpaired) electrons. The summed E-state index contributed by atoms with van der Waals surface area (Å²) in [7, 11) is 0. The molecule has 0 saturated heterocycles. The van der Waals surface area contributed by atoms with E-state index < -0.39 is 0 Å². The average molecular weight is 236 g/mol. The number of nitrogens with zero attached hydrogens (tertiary/aromatic N) is 1. The molecular weight excluding hydrogens is 223 g/mol. The van der Waals surface area contributed by atoms with Crippen LogP contribution in [0.1, 0.15) is 18.4 Å². The van der Waals surface area contributed by atoms with Gasteiger partial charge in [0, 0.05) is 5.56 Å². The summed E-state index contributed by atoms with van der Waals surface area (Å²) in [4.78, 5) is 4.47. The Bertz CT molecular complexity index is 476. The van der Waals surface area contributed by atoms with E-state index >= 15 is 0 Å². The molecule has 1 aromatic carbocycles. The van der Waals surface area contributed by atoms with E-state index in [4.69, 9.17) is 5.73 Å². The van der Waals surface area contributed by atoms with E-state index in [0.29, 0.717) is 5.00 Å². The molecule has 1 heterocycles. The molecule has 0 aliphatic rings. The summed E-state index contributed by atoms with van der Waals surface area (Å²) in [6.07, 6.45) is 1.99. The minimum atomic E-state index is -0.244. The number of halogens is 1. The van der Waals surface area contributed by atoms with Crippen LogP contribution in [0.4, 0.5) is 9.39 Å². The Morgan fingerprint density at radius 3 is 2.62 bits per heavy atom. The molecule has 2 N–H and O–H groups in total. The van der Waals surface area contributed by atoms with Crippen molar-refractivity contribution in [2.45, 2.75) is 19.8 Å². The summed E-state index contributed by atoms with van der Waals surface area (Å²) in [5.74, 6) is -0.244. The van der Waals surface area contributed by atoms with Crippen molar-refractivity contribution in [3.63, 3.8) is 0 Å². The SMILES string of the molecule is CCCc1nc(-c2ccc(F)cc2)c(N)s1. The summed E-state index contributed by atoms with van der Waals surface area (Å²) in [5, 5.41) is 1.74. The van der Waals surface area contributed by atoms with Crippen molar-refractivity contribution in [3.05, 3.63) is 35.1 Å². The topological polar surface area (TPSA) is 38.9 Å². The standard InChI is InChI=1S/C12H13FN2S/c1-2-3-10-15-11(12(14)16-10)8-4-6-9(13)7-5-8/h4-7H,2-3,14H2,1H3. The number of anilines is 1. The molecule has 0 fully saturated rings. The van der Waals surface area contributed by atoms with Gasteiger partial charge in [-0.1, -0.05) is 6.92 Å². The molecule has 84 valence electrons. The minimum absolute atomic E-state index is 0.244. The van der Waals surface area contributed by atoms with Crippen LogP contribution in [0.2, 0.25) is 0 Å². The Morgan fingerprint density at radius 2 is 2.00 bits per heavy atom. The monoisotopic (exact) mass is 236 g/mol. The van der Waals surface area contributed by atoms with Gasteiger partial charge in [-0.15, -0.1) is 11.3 Å². The molecule has 1 aromatic heterocycles. The van der Waals surface area contributed by atoms with Gasteiger partial charge in [-0.3, -0.25) is 0 Å². The number of aromatic nitrogens is 1. The molecule has 16 heavy (non-hydrogen) atoms. The molecular formula is C12H13FN2S. The van der Waals surface area contributed by atoms with Crippen LogP contribution < -0.4 is 5.73 Å². The third-order valence-electron chi connectivity index (χ3n) is 2.28. The van der Waals surface area contributed by atoms with Crippen LogP contribution in [-0.4, -0.2) is 4.98 Å². The molecule has 0 unspecified atom stereocenters. The van der Waals surface area contributed by atoms with Crippen LogP contribution in [-0.2, 0) is 6.42 Å². The number of benzene rings is 1. The van der Waals surface area contributed by atoms with Crippen LogP contribution in [0.3, 0.4) is 0 Å². The first-order valence-corrected chi connectivity index (χ1v) is 6.03. The highest BCUT2D eigenvalue weighted by atomic mass is 32.1. The number of nitrogen functional groups attached to an aromatic ring is 1. The molecule has 2 aromatic rings. The normalized spacial score (nSPS) is 10.6. The van der Waals surface area contributed by atoms with Gasteiger partial charge in [0.2, 0.25) is 0 Å². The third kappa shape index (κ3) is 2.22. The lowest BCUT2D eigenvalue weighted by Crippen LogP contribution is -1.86. The summed E-state index contributed by atoms with van der Waals surface area (Å²) in [6, 6.07) is 6.26. The number of hydrogen-bond acceptors (Lipinski definition) is 3. The Labute approximate surface area is 97.9 Å². The van der Waals surface area contributed by atoms with E-state index in [0.717, 1.165) is 29.1 Å². The van der Waals surface area contributed by atoms with E-state index in [1.165, 1.54) is 23.5 Å². The number of aryl methyl sites for hydroxylation is 1. The third-order valence-corrected chi connectivity index (χ3v) is 3.22. The van der Waals surface area contributed by atoms with Crippen molar-refractivity contribution < 1.29 is 4.39 Å². The second-order valence-corrected chi connectivity index (χ2v) is 4.69. The van der Waals surface area contributed by atoms with Gasteiger partial charge >= 0.3 is 0 Å². The van der Waals surface area contributed by atoms with E-state index in [1.807, 2.05) is 0 Å². The highest BCUT2D eigenvalue weighted by Crippen LogP contribution is 2.31. The van der Waals surface area contributed by atoms with Gasteiger partial charge < -0.3 is 5.73 Å². The van der Waals surface area contributed by atoms with Gasteiger partial charge in [0.1, 0.15) is 16.5 Å². The lowest BCUT2D eigenvalue weighted by molar-refractivity contribution is 0.628. The molecule has 4 heteroatoms. The van der Waals surface area contributed by atoms with Crippen LogP contribution in [0.5, 0.6) is 0 Å². The fourth-order valence-electron chi connectivity index (χ4n) is 1.51. The Kier molecular flexibility index (Phi) is 3.19. The molecule has 2 rings (SSSR count). The van der Waals surface area contributed by atoms with Crippen LogP contribution >= 0.6 is 11.3 Å². The second kappa shape index (κ2) is 4.61. The summed E-state index contributed by atoms with van der Waals surface area (Å²) in [6.45, 7) is 2.11. The Hall–Kier alpha value is -1.42. The highest BCUT2D eigenvalue weighted by molar-refractivity contribution is 7.16. The van der Waals surface area contributed by atoms with E-state index in [1.54, 1.807) is 12.1 Å². The van der Waals surface area contributed by atoms with Crippen molar-refractivity contribution in [1.29, 1.82) is 0 Å². The van der Waals surface area contributed by atoms with Gasteiger partial charge in [-0.2, -0.15) is 0 Å². The van der Waals surface area contributed by atoms with Crippen molar-refractivity contribution in [3.8, 4) is 11.3 Å². The summed E-state index contributed by atoms with van der Waals surface area (Å²) in [5.41, 5.74) is 7.55.